The fourth-order valence-electron chi connectivity index (χ4n) is 3.20. The molecule has 0 aliphatic carbocycles. The van der Waals surface area contributed by atoms with Crippen molar-refractivity contribution in [1.29, 1.82) is 0 Å². The molecule has 0 bridgehead atoms. The Balaban J connectivity index is 1.27. The maximum absolute atomic E-state index is 13.8. The summed E-state index contributed by atoms with van der Waals surface area (Å²) in [6, 6.07) is 12.5. The summed E-state index contributed by atoms with van der Waals surface area (Å²) in [6.07, 6.45) is 6.28. The molecule has 2 atom stereocenters. The quantitative estimate of drug-likeness (QED) is 0.709. The van der Waals surface area contributed by atoms with Gasteiger partial charge in [-0.05, 0) is 30.5 Å². The van der Waals surface area contributed by atoms with E-state index < -0.39 is 5.82 Å². The molecule has 144 valence electrons. The number of halogens is 1. The first-order chi connectivity index (χ1) is 13.7. The van der Waals surface area contributed by atoms with Crippen LogP contribution in [0.15, 0.2) is 61.1 Å². The predicted octanol–water partition coefficient (Wildman–Crippen LogP) is 3.45. The molecule has 0 radical (unpaired) electrons. The number of carbonyl (C=O) groups excluding carboxylic acids is 1. The molecule has 8 heteroatoms. The van der Waals surface area contributed by atoms with Gasteiger partial charge in [-0.15, -0.1) is 0 Å². The van der Waals surface area contributed by atoms with Crippen LogP contribution in [0.4, 0.5) is 14.9 Å². The van der Waals surface area contributed by atoms with Crippen molar-refractivity contribution in [1.82, 2.24) is 20.1 Å². The lowest BCUT2D eigenvalue weighted by molar-refractivity contribution is 0.0465. The molecular weight excluding hydrogens is 361 g/mol. The van der Waals surface area contributed by atoms with E-state index >= 15 is 0 Å². The number of anilines is 1. The van der Waals surface area contributed by atoms with E-state index in [2.05, 4.69) is 32.8 Å². The van der Waals surface area contributed by atoms with Crippen molar-refractivity contribution in [2.45, 2.75) is 25.0 Å². The molecular formula is C20H20FN5O2. The number of hydrogen-bond donors (Lipinski definition) is 2. The van der Waals surface area contributed by atoms with Crippen LogP contribution < -0.4 is 10.6 Å². The van der Waals surface area contributed by atoms with E-state index in [-0.39, 0.29) is 24.1 Å². The van der Waals surface area contributed by atoms with E-state index in [1.165, 1.54) is 35.4 Å². The lowest BCUT2D eigenvalue weighted by Gasteiger charge is -2.14. The summed E-state index contributed by atoms with van der Waals surface area (Å²) >= 11 is 0. The highest BCUT2D eigenvalue weighted by Gasteiger charge is 2.26. The second kappa shape index (κ2) is 8.18. The van der Waals surface area contributed by atoms with E-state index in [1.807, 2.05) is 18.2 Å². The second-order valence-corrected chi connectivity index (χ2v) is 6.55. The molecule has 3 heterocycles. The van der Waals surface area contributed by atoms with E-state index in [4.69, 9.17) is 4.74 Å². The van der Waals surface area contributed by atoms with Crippen LogP contribution >= 0.6 is 0 Å². The number of nitrogens with zero attached hydrogens (tertiary/aromatic N) is 3. The van der Waals surface area contributed by atoms with Crippen LogP contribution in [0.3, 0.4) is 0 Å². The van der Waals surface area contributed by atoms with Gasteiger partial charge in [0.2, 0.25) is 0 Å². The summed E-state index contributed by atoms with van der Waals surface area (Å²) in [5.74, 6) is -0.421. The molecule has 1 aliphatic heterocycles. The normalized spacial score (nSPS) is 18.8. The molecule has 1 saturated heterocycles. The molecule has 0 saturated carbocycles. The number of amides is 2. The monoisotopic (exact) mass is 381 g/mol. The maximum atomic E-state index is 13.8. The first kappa shape index (κ1) is 18.1. The average Bonchev–Trinajstić information content (AvgIpc) is 3.37. The van der Waals surface area contributed by atoms with Crippen molar-refractivity contribution in [3.8, 4) is 5.82 Å². The van der Waals surface area contributed by atoms with Crippen molar-refractivity contribution in [3.05, 3.63) is 72.4 Å². The van der Waals surface area contributed by atoms with Gasteiger partial charge < -0.3 is 15.4 Å². The van der Waals surface area contributed by atoms with Crippen molar-refractivity contribution in [2.24, 2.45) is 0 Å². The Morgan fingerprint density at radius 3 is 2.89 bits per heavy atom. The van der Waals surface area contributed by atoms with Gasteiger partial charge in [-0.1, -0.05) is 30.3 Å². The number of urea groups is 1. The third-order valence-electron chi connectivity index (χ3n) is 4.57. The predicted molar refractivity (Wildman–Crippen MR) is 102 cm³/mol. The van der Waals surface area contributed by atoms with Gasteiger partial charge in [-0.25, -0.2) is 18.9 Å². The van der Waals surface area contributed by atoms with Gasteiger partial charge >= 0.3 is 6.03 Å². The molecule has 1 aromatic carbocycles. The number of hydrogen-bond acceptors (Lipinski definition) is 4. The van der Waals surface area contributed by atoms with Gasteiger partial charge in [-0.2, -0.15) is 5.10 Å². The van der Waals surface area contributed by atoms with Crippen LogP contribution in [0.5, 0.6) is 0 Å². The fourth-order valence-corrected chi connectivity index (χ4v) is 3.20. The Labute approximate surface area is 161 Å². The summed E-state index contributed by atoms with van der Waals surface area (Å²) in [5.41, 5.74) is 1.60. The van der Waals surface area contributed by atoms with Gasteiger partial charge in [0, 0.05) is 12.7 Å². The minimum absolute atomic E-state index is 0.0266. The van der Waals surface area contributed by atoms with Crippen LogP contribution in [0.2, 0.25) is 0 Å². The number of nitrogens with one attached hydrogen (secondary N) is 2. The number of rotatable bonds is 5. The van der Waals surface area contributed by atoms with Crippen LogP contribution in [-0.2, 0) is 4.74 Å². The number of ether oxygens (including phenoxy) is 1. The molecule has 2 amide bonds. The first-order valence-electron chi connectivity index (χ1n) is 9.10. The summed E-state index contributed by atoms with van der Waals surface area (Å²) in [4.78, 5) is 16.1. The van der Waals surface area contributed by atoms with Crippen LogP contribution in [0.1, 0.15) is 24.5 Å². The highest BCUT2D eigenvalue weighted by atomic mass is 19.1. The zero-order valence-corrected chi connectivity index (χ0v) is 15.1. The van der Waals surface area contributed by atoms with Crippen molar-refractivity contribution < 1.29 is 13.9 Å². The number of aromatic nitrogens is 3. The zero-order valence-electron chi connectivity index (χ0n) is 15.1. The number of benzene rings is 1. The third-order valence-corrected chi connectivity index (χ3v) is 4.57. The molecule has 28 heavy (non-hydrogen) atoms. The summed E-state index contributed by atoms with van der Waals surface area (Å²) in [6.45, 7) is 0.415. The minimum Gasteiger partial charge on any atom is -0.368 e. The number of carbonyl (C=O) groups is 1. The van der Waals surface area contributed by atoms with Gasteiger partial charge in [0.25, 0.3) is 0 Å². The van der Waals surface area contributed by atoms with Crippen molar-refractivity contribution in [3.63, 3.8) is 0 Å². The van der Waals surface area contributed by atoms with Gasteiger partial charge in [-0.3, -0.25) is 0 Å². The van der Waals surface area contributed by atoms with Gasteiger partial charge in [0.05, 0.1) is 30.3 Å². The van der Waals surface area contributed by atoms with Gasteiger partial charge in [0.1, 0.15) is 0 Å². The van der Waals surface area contributed by atoms with E-state index in [9.17, 15) is 9.18 Å². The highest BCUT2D eigenvalue weighted by molar-refractivity contribution is 5.88. The Kier molecular flexibility index (Phi) is 5.29. The summed E-state index contributed by atoms with van der Waals surface area (Å²) in [7, 11) is 0. The molecule has 3 aromatic rings. The minimum atomic E-state index is -0.493. The molecule has 4 rings (SSSR count). The number of pyridine rings is 1. The average molecular weight is 381 g/mol. The molecule has 1 aliphatic rings. The van der Waals surface area contributed by atoms with E-state index in [0.717, 1.165) is 18.4 Å². The first-order valence-corrected chi connectivity index (χ1v) is 9.10. The van der Waals surface area contributed by atoms with Crippen LogP contribution in [0.25, 0.3) is 5.82 Å². The van der Waals surface area contributed by atoms with E-state index in [1.54, 1.807) is 0 Å². The molecule has 1 fully saturated rings. The summed E-state index contributed by atoms with van der Waals surface area (Å²) < 4.78 is 21.0. The molecule has 2 N–H and O–H groups in total. The lowest BCUT2D eigenvalue weighted by Crippen LogP contribution is -2.35. The molecule has 7 nitrogen and oxygen atoms in total. The van der Waals surface area contributed by atoms with Crippen molar-refractivity contribution in [2.75, 3.05) is 11.9 Å². The standard InChI is InChI=1S/C20H20FN5O2/c21-17-7-4-10-22-19(17)26-13-15(11-24-26)25-20(27)23-12-16-8-9-18(28-16)14-5-2-1-3-6-14/h1-7,10-11,13,16,18H,8-9,12H2,(H2,23,25,27). The molecule has 0 spiro atoms. The third kappa shape index (κ3) is 4.17. The lowest BCUT2D eigenvalue weighted by atomic mass is 10.1. The van der Waals surface area contributed by atoms with Gasteiger partial charge in [0.15, 0.2) is 11.6 Å². The highest BCUT2D eigenvalue weighted by Crippen LogP contribution is 2.32. The second-order valence-electron chi connectivity index (χ2n) is 6.55. The largest absolute Gasteiger partial charge is 0.368 e. The smallest absolute Gasteiger partial charge is 0.319 e. The topological polar surface area (TPSA) is 81.1 Å². The summed E-state index contributed by atoms with van der Waals surface area (Å²) in [5, 5.41) is 9.51. The molecule has 2 unspecified atom stereocenters. The van der Waals surface area contributed by atoms with Crippen LogP contribution in [0, 0.1) is 5.82 Å². The Bertz CT molecular complexity index is 947. The van der Waals surface area contributed by atoms with Crippen LogP contribution in [-0.4, -0.2) is 33.4 Å². The SMILES string of the molecule is O=C(NCC1CCC(c2ccccc2)O1)Nc1cnn(-c2ncccc2F)c1. The Hall–Kier alpha value is -3.26. The zero-order chi connectivity index (χ0) is 19.3. The fraction of sp³-hybridized carbons (Fsp3) is 0.250. The van der Waals surface area contributed by atoms with Crippen molar-refractivity contribution >= 4 is 11.7 Å². The Morgan fingerprint density at radius 1 is 1.21 bits per heavy atom. The molecule has 2 aromatic heterocycles. The maximum Gasteiger partial charge on any atom is 0.319 e. The Morgan fingerprint density at radius 2 is 2.07 bits per heavy atom. The van der Waals surface area contributed by atoms with E-state index in [0.29, 0.717) is 12.2 Å².